The van der Waals surface area contributed by atoms with Crippen molar-refractivity contribution in [3.05, 3.63) is 23.8 Å². The Hall–Kier alpha value is -2.17. The fraction of sp³-hybridized carbons (Fsp3) is 0.308. The molecule has 2 N–H and O–H groups in total. The number of carbonyl (C=O) groups is 3. The number of ketones is 1. The van der Waals surface area contributed by atoms with Crippen LogP contribution in [-0.4, -0.2) is 17.6 Å². The van der Waals surface area contributed by atoms with Gasteiger partial charge >= 0.3 is 0 Å². The van der Waals surface area contributed by atoms with Crippen LogP contribution in [0.15, 0.2) is 18.2 Å². The molecule has 1 saturated carbocycles. The Bertz CT molecular complexity index is 561. The Morgan fingerprint density at radius 2 is 1.72 bits per heavy atom. The van der Waals surface area contributed by atoms with Gasteiger partial charge in [-0.25, -0.2) is 0 Å². The lowest BCUT2D eigenvalue weighted by Gasteiger charge is -2.08. The van der Waals surface area contributed by atoms with E-state index in [4.69, 9.17) is 0 Å². The SMILES string of the molecule is O=C1CC(=O)Nc2cc(C(=O)C3CC3)ccc2N1. The van der Waals surface area contributed by atoms with Crippen molar-refractivity contribution in [1.82, 2.24) is 0 Å². The van der Waals surface area contributed by atoms with Crippen molar-refractivity contribution in [2.45, 2.75) is 19.3 Å². The molecule has 0 bridgehead atoms. The van der Waals surface area contributed by atoms with Gasteiger partial charge in [-0.15, -0.1) is 0 Å². The van der Waals surface area contributed by atoms with Gasteiger partial charge in [0.1, 0.15) is 6.42 Å². The summed E-state index contributed by atoms with van der Waals surface area (Å²) in [5, 5.41) is 5.26. The molecular weight excluding hydrogens is 232 g/mol. The van der Waals surface area contributed by atoms with Gasteiger partial charge in [-0.1, -0.05) is 0 Å². The highest BCUT2D eigenvalue weighted by molar-refractivity contribution is 6.14. The van der Waals surface area contributed by atoms with E-state index in [0.717, 1.165) is 12.8 Å². The number of Topliss-reactive ketones (excluding diaryl/α,β-unsaturated/α-hetero) is 1. The molecule has 92 valence electrons. The number of amides is 2. The molecule has 1 aromatic carbocycles. The first-order chi connectivity index (χ1) is 8.63. The van der Waals surface area contributed by atoms with Gasteiger partial charge in [0.2, 0.25) is 11.8 Å². The van der Waals surface area contributed by atoms with Crippen LogP contribution in [-0.2, 0) is 9.59 Å². The predicted octanol–water partition coefficient (Wildman–Crippen LogP) is 1.56. The van der Waals surface area contributed by atoms with E-state index in [0.29, 0.717) is 16.9 Å². The van der Waals surface area contributed by atoms with Crippen molar-refractivity contribution in [3.8, 4) is 0 Å². The average Bonchev–Trinajstić information content (AvgIpc) is 3.13. The molecule has 5 nitrogen and oxygen atoms in total. The second-order valence-electron chi connectivity index (χ2n) is 4.67. The Kier molecular flexibility index (Phi) is 2.40. The van der Waals surface area contributed by atoms with Crippen LogP contribution in [0.3, 0.4) is 0 Å². The first-order valence-electron chi connectivity index (χ1n) is 5.91. The molecule has 0 saturated heterocycles. The van der Waals surface area contributed by atoms with Gasteiger partial charge in [-0.2, -0.15) is 0 Å². The predicted molar refractivity (Wildman–Crippen MR) is 65.4 cm³/mol. The molecule has 1 aromatic rings. The topological polar surface area (TPSA) is 75.3 Å². The van der Waals surface area contributed by atoms with E-state index in [1.807, 2.05) is 0 Å². The third-order valence-electron chi connectivity index (χ3n) is 3.12. The number of rotatable bonds is 2. The minimum absolute atomic E-state index is 0.114. The van der Waals surface area contributed by atoms with Gasteiger partial charge in [0.15, 0.2) is 5.78 Å². The van der Waals surface area contributed by atoms with Gasteiger partial charge in [0.25, 0.3) is 0 Å². The second-order valence-corrected chi connectivity index (χ2v) is 4.67. The molecule has 5 heteroatoms. The number of nitrogens with one attached hydrogen (secondary N) is 2. The van der Waals surface area contributed by atoms with Crippen molar-refractivity contribution in [2.24, 2.45) is 5.92 Å². The van der Waals surface area contributed by atoms with Crippen molar-refractivity contribution in [3.63, 3.8) is 0 Å². The lowest BCUT2D eigenvalue weighted by atomic mass is 10.1. The van der Waals surface area contributed by atoms with Crippen LogP contribution in [0.2, 0.25) is 0 Å². The molecule has 2 amide bonds. The number of hydrogen-bond acceptors (Lipinski definition) is 3. The summed E-state index contributed by atoms with van der Waals surface area (Å²) >= 11 is 0. The normalized spacial score (nSPS) is 18.4. The third kappa shape index (κ3) is 1.99. The van der Waals surface area contributed by atoms with E-state index in [-0.39, 0.29) is 29.9 Å². The third-order valence-corrected chi connectivity index (χ3v) is 3.12. The summed E-state index contributed by atoms with van der Waals surface area (Å²) in [4.78, 5) is 34.7. The lowest BCUT2D eigenvalue weighted by molar-refractivity contribution is -0.123. The van der Waals surface area contributed by atoms with E-state index in [2.05, 4.69) is 10.6 Å². The first kappa shape index (κ1) is 11.0. The van der Waals surface area contributed by atoms with Gasteiger partial charge in [-0.05, 0) is 31.0 Å². The summed E-state index contributed by atoms with van der Waals surface area (Å²) in [6, 6.07) is 4.99. The smallest absolute Gasteiger partial charge is 0.233 e. The standard InChI is InChI=1S/C13H12N2O3/c16-11-6-12(17)15-10-5-8(3-4-9(10)14-11)13(18)7-1-2-7/h3-5,7H,1-2,6H2,(H,14,16)(H,15,17). The molecule has 3 rings (SSSR count). The molecule has 0 atom stereocenters. The van der Waals surface area contributed by atoms with E-state index >= 15 is 0 Å². The van der Waals surface area contributed by atoms with Crippen molar-refractivity contribution >= 4 is 29.0 Å². The summed E-state index contributed by atoms with van der Waals surface area (Å²) in [7, 11) is 0. The van der Waals surface area contributed by atoms with E-state index in [1.165, 1.54) is 0 Å². The summed E-state index contributed by atoms with van der Waals surface area (Å²) in [6.07, 6.45) is 1.69. The summed E-state index contributed by atoms with van der Waals surface area (Å²) in [5.41, 5.74) is 1.63. The maximum Gasteiger partial charge on any atom is 0.233 e. The van der Waals surface area contributed by atoms with E-state index in [9.17, 15) is 14.4 Å². The van der Waals surface area contributed by atoms with E-state index < -0.39 is 0 Å². The Morgan fingerprint density at radius 3 is 2.39 bits per heavy atom. The maximum atomic E-state index is 11.9. The van der Waals surface area contributed by atoms with Crippen LogP contribution in [0.25, 0.3) is 0 Å². The number of hydrogen-bond donors (Lipinski definition) is 2. The molecular formula is C13H12N2O3. The Balaban J connectivity index is 1.96. The molecule has 0 radical (unpaired) electrons. The minimum atomic E-state index is -0.359. The van der Waals surface area contributed by atoms with Gasteiger partial charge in [0, 0.05) is 11.5 Å². The van der Waals surface area contributed by atoms with Gasteiger partial charge in [0.05, 0.1) is 11.4 Å². The second kappa shape index (κ2) is 3.94. The van der Waals surface area contributed by atoms with Crippen LogP contribution in [0.5, 0.6) is 0 Å². The molecule has 18 heavy (non-hydrogen) atoms. The van der Waals surface area contributed by atoms with Crippen molar-refractivity contribution in [2.75, 3.05) is 10.6 Å². The highest BCUT2D eigenvalue weighted by Crippen LogP contribution is 2.34. The van der Waals surface area contributed by atoms with Crippen LogP contribution in [0, 0.1) is 5.92 Å². The van der Waals surface area contributed by atoms with Crippen LogP contribution in [0.4, 0.5) is 11.4 Å². The molecule has 0 spiro atoms. The fourth-order valence-electron chi connectivity index (χ4n) is 2.03. The fourth-order valence-corrected chi connectivity index (χ4v) is 2.03. The summed E-state index contributed by atoms with van der Waals surface area (Å²) in [6.45, 7) is 0. The highest BCUT2D eigenvalue weighted by Gasteiger charge is 2.31. The first-order valence-corrected chi connectivity index (χ1v) is 5.91. The molecule has 1 aliphatic carbocycles. The molecule has 1 heterocycles. The molecule has 1 aliphatic heterocycles. The van der Waals surface area contributed by atoms with Crippen LogP contribution in [0.1, 0.15) is 29.6 Å². The minimum Gasteiger partial charge on any atom is -0.324 e. The molecule has 0 unspecified atom stereocenters. The zero-order chi connectivity index (χ0) is 12.7. The number of anilines is 2. The molecule has 0 aromatic heterocycles. The monoisotopic (exact) mass is 244 g/mol. The van der Waals surface area contributed by atoms with Crippen LogP contribution < -0.4 is 10.6 Å². The lowest BCUT2D eigenvalue weighted by Crippen LogP contribution is -2.16. The Labute approximate surface area is 104 Å². The summed E-state index contributed by atoms with van der Waals surface area (Å²) in [5.74, 6) is -0.448. The van der Waals surface area contributed by atoms with Gasteiger partial charge in [-0.3, -0.25) is 14.4 Å². The number of fused-ring (bicyclic) bond motifs is 1. The zero-order valence-electron chi connectivity index (χ0n) is 9.66. The Morgan fingerprint density at radius 1 is 1.06 bits per heavy atom. The van der Waals surface area contributed by atoms with Crippen LogP contribution >= 0.6 is 0 Å². The molecule has 1 fully saturated rings. The number of benzene rings is 1. The summed E-state index contributed by atoms with van der Waals surface area (Å²) < 4.78 is 0. The highest BCUT2D eigenvalue weighted by atomic mass is 16.2. The van der Waals surface area contributed by atoms with Gasteiger partial charge < -0.3 is 10.6 Å². The zero-order valence-corrected chi connectivity index (χ0v) is 9.66. The van der Waals surface area contributed by atoms with Crippen molar-refractivity contribution in [1.29, 1.82) is 0 Å². The largest absolute Gasteiger partial charge is 0.324 e. The van der Waals surface area contributed by atoms with Crippen molar-refractivity contribution < 1.29 is 14.4 Å². The maximum absolute atomic E-state index is 11.9. The van der Waals surface area contributed by atoms with E-state index in [1.54, 1.807) is 18.2 Å². The number of carbonyl (C=O) groups excluding carboxylic acids is 3. The quantitative estimate of drug-likeness (QED) is 0.612. The molecule has 2 aliphatic rings. The average molecular weight is 244 g/mol.